The van der Waals surface area contributed by atoms with Gasteiger partial charge in [0.25, 0.3) is 0 Å². The van der Waals surface area contributed by atoms with Gasteiger partial charge in [-0.1, -0.05) is 19.1 Å². The van der Waals surface area contributed by atoms with Gasteiger partial charge in [-0.15, -0.1) is 11.8 Å². The Hall–Kier alpha value is -1.30. The summed E-state index contributed by atoms with van der Waals surface area (Å²) >= 11 is 1.85. The molecule has 3 N–H and O–H groups in total. The van der Waals surface area contributed by atoms with Crippen LogP contribution in [0.25, 0.3) is 0 Å². The third kappa shape index (κ3) is 4.10. The van der Waals surface area contributed by atoms with Crippen LogP contribution in [0.5, 0.6) is 0 Å². The summed E-state index contributed by atoms with van der Waals surface area (Å²) in [5, 5.41) is 4.19. The maximum atomic E-state index is 5.69. The smallest absolute Gasteiger partial charge is 0.0521 e. The molecule has 0 bridgehead atoms. The van der Waals surface area contributed by atoms with E-state index in [2.05, 4.69) is 47.9 Å². The van der Waals surface area contributed by atoms with Crippen molar-refractivity contribution < 1.29 is 0 Å². The van der Waals surface area contributed by atoms with E-state index in [9.17, 15) is 0 Å². The van der Waals surface area contributed by atoms with Gasteiger partial charge in [0, 0.05) is 24.2 Å². The molecule has 0 aliphatic rings. The summed E-state index contributed by atoms with van der Waals surface area (Å²) in [6, 6.07) is 8.82. The Morgan fingerprint density at radius 1 is 1.35 bits per heavy atom. The number of hydrogen-bond donors (Lipinski definition) is 2. The minimum Gasteiger partial charge on any atom is -0.276 e. The fourth-order valence-corrected chi connectivity index (χ4v) is 2.88. The first kappa shape index (κ1) is 15.1. The van der Waals surface area contributed by atoms with E-state index in [1.54, 1.807) is 0 Å². The summed E-state index contributed by atoms with van der Waals surface area (Å²) < 4.78 is 1.83. The first-order valence-electron chi connectivity index (χ1n) is 6.89. The van der Waals surface area contributed by atoms with Gasteiger partial charge in [0.2, 0.25) is 0 Å². The zero-order valence-corrected chi connectivity index (χ0v) is 12.9. The predicted molar refractivity (Wildman–Crippen MR) is 84.4 cm³/mol. The molecular formula is C15H22N4S. The summed E-state index contributed by atoms with van der Waals surface area (Å²) in [5.74, 6) is 6.79. The van der Waals surface area contributed by atoms with E-state index in [0.717, 1.165) is 18.6 Å². The van der Waals surface area contributed by atoms with E-state index in [1.165, 1.54) is 16.0 Å². The van der Waals surface area contributed by atoms with Crippen LogP contribution < -0.4 is 11.3 Å². The lowest BCUT2D eigenvalue weighted by Crippen LogP contribution is -2.28. The summed E-state index contributed by atoms with van der Waals surface area (Å²) in [6.45, 7) is 2.16. The van der Waals surface area contributed by atoms with Crippen LogP contribution in [0.1, 0.15) is 30.5 Å². The molecule has 0 aliphatic carbocycles. The highest BCUT2D eigenvalue weighted by molar-refractivity contribution is 7.99. The fraction of sp³-hybridized carbons (Fsp3) is 0.400. The molecule has 20 heavy (non-hydrogen) atoms. The average Bonchev–Trinajstić information content (AvgIpc) is 2.87. The monoisotopic (exact) mass is 290 g/mol. The Bertz CT molecular complexity index is 521. The van der Waals surface area contributed by atoms with Crippen LogP contribution >= 0.6 is 11.8 Å². The maximum Gasteiger partial charge on any atom is 0.0521 e. The third-order valence-corrected chi connectivity index (χ3v) is 4.17. The lowest BCUT2D eigenvalue weighted by Gasteiger charge is -2.16. The Kier molecular flexibility index (Phi) is 5.64. The Morgan fingerprint density at radius 2 is 2.10 bits per heavy atom. The number of nitrogens with zero attached hydrogens (tertiary/aromatic N) is 2. The highest BCUT2D eigenvalue weighted by Gasteiger charge is 2.10. The second-order valence-electron chi connectivity index (χ2n) is 4.78. The van der Waals surface area contributed by atoms with Crippen molar-refractivity contribution in [3.63, 3.8) is 0 Å². The van der Waals surface area contributed by atoms with Crippen LogP contribution in [0.2, 0.25) is 0 Å². The van der Waals surface area contributed by atoms with E-state index in [4.69, 9.17) is 5.84 Å². The third-order valence-electron chi connectivity index (χ3n) is 3.27. The molecule has 108 valence electrons. The number of hydrogen-bond acceptors (Lipinski definition) is 4. The van der Waals surface area contributed by atoms with Crippen molar-refractivity contribution in [3.05, 3.63) is 47.8 Å². The molecule has 5 heteroatoms. The standard InChI is InChI=1S/C15H22N4S/c1-3-20-14-7-5-13(6-8-14)15(18-16)9-4-12-10-17-19(2)11-12/h5-8,10-11,15,18H,3-4,9,16H2,1-2H3. The topological polar surface area (TPSA) is 55.9 Å². The number of aryl methyl sites for hydroxylation is 2. The van der Waals surface area contributed by atoms with Gasteiger partial charge in [-0.05, 0) is 41.9 Å². The van der Waals surface area contributed by atoms with Gasteiger partial charge in [0.05, 0.1) is 6.20 Å². The average molecular weight is 290 g/mol. The van der Waals surface area contributed by atoms with Crippen molar-refractivity contribution in [3.8, 4) is 0 Å². The van der Waals surface area contributed by atoms with Crippen molar-refractivity contribution in [2.24, 2.45) is 12.9 Å². The molecule has 0 saturated heterocycles. The van der Waals surface area contributed by atoms with E-state index in [-0.39, 0.29) is 6.04 Å². The van der Waals surface area contributed by atoms with E-state index >= 15 is 0 Å². The Balaban J connectivity index is 1.96. The number of hydrazine groups is 1. The SMILES string of the molecule is CCSc1ccc(C(CCc2cnn(C)c2)NN)cc1. The first-order chi connectivity index (χ1) is 9.72. The molecule has 1 aromatic carbocycles. The van der Waals surface area contributed by atoms with Crippen LogP contribution in [0, 0.1) is 0 Å². The summed E-state index contributed by atoms with van der Waals surface area (Å²) in [7, 11) is 1.94. The van der Waals surface area contributed by atoms with Crippen LogP contribution in [0.15, 0.2) is 41.6 Å². The molecule has 1 atom stereocenters. The molecule has 1 unspecified atom stereocenters. The number of rotatable bonds is 7. The van der Waals surface area contributed by atoms with Crippen molar-refractivity contribution in [2.45, 2.75) is 30.7 Å². The van der Waals surface area contributed by atoms with Gasteiger partial charge >= 0.3 is 0 Å². The maximum absolute atomic E-state index is 5.69. The second-order valence-corrected chi connectivity index (χ2v) is 6.12. The molecule has 0 saturated carbocycles. The quantitative estimate of drug-likeness (QED) is 0.468. The van der Waals surface area contributed by atoms with Crippen molar-refractivity contribution in [2.75, 3.05) is 5.75 Å². The van der Waals surface area contributed by atoms with Gasteiger partial charge in [0.15, 0.2) is 0 Å². The predicted octanol–water partition coefficient (Wildman–Crippen LogP) is 2.67. The Labute approximate surface area is 124 Å². The van der Waals surface area contributed by atoms with Crippen LogP contribution in [0.3, 0.4) is 0 Å². The van der Waals surface area contributed by atoms with Crippen LogP contribution in [-0.2, 0) is 13.5 Å². The molecule has 0 spiro atoms. The molecule has 0 fully saturated rings. The van der Waals surface area contributed by atoms with Crippen molar-refractivity contribution in [1.82, 2.24) is 15.2 Å². The summed E-state index contributed by atoms with van der Waals surface area (Å²) in [6.07, 6.45) is 5.89. The van der Waals surface area contributed by atoms with Crippen molar-refractivity contribution in [1.29, 1.82) is 0 Å². The van der Waals surface area contributed by atoms with Gasteiger partial charge in [0.1, 0.15) is 0 Å². The minimum atomic E-state index is 0.177. The van der Waals surface area contributed by atoms with Crippen LogP contribution in [0.4, 0.5) is 0 Å². The summed E-state index contributed by atoms with van der Waals surface area (Å²) in [5.41, 5.74) is 5.39. The fourth-order valence-electron chi connectivity index (χ4n) is 2.22. The molecule has 1 aromatic heterocycles. The van der Waals surface area contributed by atoms with Gasteiger partial charge in [-0.3, -0.25) is 16.0 Å². The lowest BCUT2D eigenvalue weighted by atomic mass is 10.0. The molecular weight excluding hydrogens is 268 g/mol. The zero-order chi connectivity index (χ0) is 14.4. The summed E-state index contributed by atoms with van der Waals surface area (Å²) in [4.78, 5) is 1.30. The number of nitrogens with one attached hydrogen (secondary N) is 1. The largest absolute Gasteiger partial charge is 0.276 e. The number of nitrogens with two attached hydrogens (primary N) is 1. The highest BCUT2D eigenvalue weighted by atomic mass is 32.2. The van der Waals surface area contributed by atoms with E-state index in [0.29, 0.717) is 0 Å². The van der Waals surface area contributed by atoms with Gasteiger partial charge in [-0.25, -0.2) is 0 Å². The van der Waals surface area contributed by atoms with E-state index < -0.39 is 0 Å². The number of thioether (sulfide) groups is 1. The number of aromatic nitrogens is 2. The molecule has 1 heterocycles. The molecule has 0 aliphatic heterocycles. The van der Waals surface area contributed by atoms with Gasteiger partial charge < -0.3 is 0 Å². The minimum absolute atomic E-state index is 0.177. The first-order valence-corrected chi connectivity index (χ1v) is 7.88. The second kappa shape index (κ2) is 7.47. The number of benzene rings is 1. The van der Waals surface area contributed by atoms with Crippen LogP contribution in [-0.4, -0.2) is 15.5 Å². The van der Waals surface area contributed by atoms with Crippen molar-refractivity contribution >= 4 is 11.8 Å². The lowest BCUT2D eigenvalue weighted by molar-refractivity contribution is 0.516. The molecule has 0 amide bonds. The molecule has 0 radical (unpaired) electrons. The zero-order valence-electron chi connectivity index (χ0n) is 12.0. The van der Waals surface area contributed by atoms with E-state index in [1.807, 2.05) is 29.7 Å². The van der Waals surface area contributed by atoms with Gasteiger partial charge in [-0.2, -0.15) is 5.10 Å². The molecule has 2 rings (SSSR count). The highest BCUT2D eigenvalue weighted by Crippen LogP contribution is 2.23. The molecule has 4 nitrogen and oxygen atoms in total. The Morgan fingerprint density at radius 3 is 2.65 bits per heavy atom. The normalized spacial score (nSPS) is 12.6. The molecule has 2 aromatic rings.